The fraction of sp³-hybridized carbons (Fsp3) is 0.714. The number of carboxylic acids is 1. The van der Waals surface area contributed by atoms with Gasteiger partial charge in [-0.05, 0) is 44.4 Å². The van der Waals surface area contributed by atoms with Crippen molar-refractivity contribution in [1.82, 2.24) is 26.6 Å². The zero-order valence-corrected chi connectivity index (χ0v) is 27.6. The molecule has 0 fully saturated rings. The molecule has 6 atom stereocenters. The van der Waals surface area contributed by atoms with Crippen molar-refractivity contribution < 1.29 is 43.8 Å². The van der Waals surface area contributed by atoms with Crippen LogP contribution in [0, 0.1) is 11.8 Å². The van der Waals surface area contributed by atoms with E-state index in [4.69, 9.17) is 22.9 Å². The average molecular weight is 673 g/mol. The van der Waals surface area contributed by atoms with Gasteiger partial charge < -0.3 is 59.7 Å². The van der Waals surface area contributed by atoms with E-state index in [2.05, 4.69) is 31.6 Å². The topological polar surface area (TPSA) is 337 Å². The Bertz CT molecular complexity index is 1130. The SMILES string of the molecule is CC(C)C[C@H](NC(=O)[C@H](CCC(N)=O)NC(=O)[C@@H](NC(=O)[C@H](CO)NC(=O)[C@H](C)N)C(C)C)C(=O)N[C@@H](CCCN=C(N)N)C(=O)O. The lowest BCUT2D eigenvalue weighted by atomic mass is 10.00. The van der Waals surface area contributed by atoms with Gasteiger partial charge in [-0.2, -0.15) is 0 Å². The lowest BCUT2D eigenvalue weighted by Crippen LogP contribution is -2.60. The molecule has 19 heteroatoms. The molecule has 0 aliphatic rings. The maximum Gasteiger partial charge on any atom is 0.326 e. The molecule has 0 saturated carbocycles. The summed E-state index contributed by atoms with van der Waals surface area (Å²) in [7, 11) is 0. The van der Waals surface area contributed by atoms with Gasteiger partial charge in [-0.3, -0.25) is 33.8 Å². The van der Waals surface area contributed by atoms with Gasteiger partial charge in [-0.1, -0.05) is 27.7 Å². The number of rotatable bonds is 22. The molecule has 0 aromatic carbocycles. The number of aliphatic imine (C=N–C) groups is 1. The van der Waals surface area contributed by atoms with E-state index in [9.17, 15) is 43.8 Å². The van der Waals surface area contributed by atoms with Crippen LogP contribution in [0.2, 0.25) is 0 Å². The Hall–Kier alpha value is -4.52. The highest BCUT2D eigenvalue weighted by atomic mass is 16.4. The highest BCUT2D eigenvalue weighted by Gasteiger charge is 2.34. The number of nitrogens with zero attached hydrogens (tertiary/aromatic N) is 1. The molecule has 0 aliphatic heterocycles. The molecular weight excluding hydrogens is 620 g/mol. The van der Waals surface area contributed by atoms with Crippen LogP contribution in [0.25, 0.3) is 0 Å². The highest BCUT2D eigenvalue weighted by molar-refractivity contribution is 5.96. The quantitative estimate of drug-likeness (QED) is 0.0297. The molecule has 268 valence electrons. The van der Waals surface area contributed by atoms with Crippen LogP contribution in [0.5, 0.6) is 0 Å². The average Bonchev–Trinajstić information content (AvgIpc) is 2.96. The third-order valence-electron chi connectivity index (χ3n) is 6.69. The summed E-state index contributed by atoms with van der Waals surface area (Å²) in [6.07, 6.45) is -0.276. The van der Waals surface area contributed by atoms with E-state index in [0.29, 0.717) is 0 Å². The first-order chi connectivity index (χ1) is 21.8. The minimum absolute atomic E-state index is 0.00807. The van der Waals surface area contributed by atoms with Crippen molar-refractivity contribution in [2.75, 3.05) is 13.2 Å². The molecule has 0 spiro atoms. The molecule has 6 amide bonds. The second kappa shape index (κ2) is 21.3. The standard InChI is InChI=1S/C28H52N10O9/c1-13(2)11-18(24(43)35-17(27(46)47)7-6-10-33-28(31)32)36-23(42)16(8-9-20(30)40)34-26(45)21(14(3)4)38-25(44)19(12-39)37-22(41)15(5)29/h13-19,21,39H,6-12,29H2,1-5H3,(H2,30,40)(H,34,45)(H,35,43)(H,36,42)(H,37,41)(H,38,44)(H,46,47)(H4,31,32,33)/t15-,16-,17-,18-,19-,21-/m0/s1. The van der Waals surface area contributed by atoms with Gasteiger partial charge in [0.15, 0.2) is 5.96 Å². The lowest BCUT2D eigenvalue weighted by Gasteiger charge is -2.28. The Morgan fingerprint density at radius 1 is 0.681 bits per heavy atom. The summed E-state index contributed by atoms with van der Waals surface area (Å²) >= 11 is 0. The Labute approximate surface area is 273 Å². The monoisotopic (exact) mass is 672 g/mol. The van der Waals surface area contributed by atoms with E-state index in [-0.39, 0.29) is 50.5 Å². The fourth-order valence-corrected chi connectivity index (χ4v) is 4.11. The van der Waals surface area contributed by atoms with Crippen molar-refractivity contribution in [3.63, 3.8) is 0 Å². The molecule has 47 heavy (non-hydrogen) atoms. The fourth-order valence-electron chi connectivity index (χ4n) is 4.11. The molecule has 0 aromatic rings. The number of nitrogens with one attached hydrogen (secondary N) is 5. The van der Waals surface area contributed by atoms with Gasteiger partial charge in [0.05, 0.1) is 12.6 Å². The molecule has 0 unspecified atom stereocenters. The molecule has 0 radical (unpaired) electrons. The Kier molecular flexibility index (Phi) is 19.3. The van der Waals surface area contributed by atoms with Crippen LogP contribution in [0.1, 0.15) is 66.7 Å². The van der Waals surface area contributed by atoms with Gasteiger partial charge in [0, 0.05) is 13.0 Å². The van der Waals surface area contributed by atoms with Crippen molar-refractivity contribution >= 4 is 47.4 Å². The van der Waals surface area contributed by atoms with Gasteiger partial charge in [0.25, 0.3) is 0 Å². The number of hydrogen-bond acceptors (Lipinski definition) is 10. The molecule has 0 bridgehead atoms. The number of guanidine groups is 1. The predicted octanol–water partition coefficient (Wildman–Crippen LogP) is -4.14. The van der Waals surface area contributed by atoms with Crippen LogP contribution in [0.15, 0.2) is 4.99 Å². The third-order valence-corrected chi connectivity index (χ3v) is 6.69. The number of nitrogens with two attached hydrogens (primary N) is 4. The minimum atomic E-state index is -1.42. The van der Waals surface area contributed by atoms with Crippen molar-refractivity contribution in [1.29, 1.82) is 0 Å². The third kappa shape index (κ3) is 17.1. The number of carbonyl (C=O) groups is 7. The summed E-state index contributed by atoms with van der Waals surface area (Å²) in [6.45, 7) is 7.45. The van der Waals surface area contributed by atoms with E-state index in [1.165, 1.54) is 6.92 Å². The van der Waals surface area contributed by atoms with Crippen LogP contribution in [0.4, 0.5) is 0 Å². The van der Waals surface area contributed by atoms with Crippen molar-refractivity contribution in [3.8, 4) is 0 Å². The minimum Gasteiger partial charge on any atom is -0.480 e. The van der Waals surface area contributed by atoms with Gasteiger partial charge >= 0.3 is 5.97 Å². The molecular formula is C28H52N10O9. The number of carbonyl (C=O) groups excluding carboxylic acids is 6. The second-order valence-corrected chi connectivity index (χ2v) is 11.9. The smallest absolute Gasteiger partial charge is 0.326 e. The van der Waals surface area contributed by atoms with E-state index >= 15 is 0 Å². The van der Waals surface area contributed by atoms with Crippen LogP contribution >= 0.6 is 0 Å². The summed E-state index contributed by atoms with van der Waals surface area (Å²) in [5.41, 5.74) is 21.3. The predicted molar refractivity (Wildman–Crippen MR) is 171 cm³/mol. The van der Waals surface area contributed by atoms with E-state index in [1.54, 1.807) is 27.7 Å². The van der Waals surface area contributed by atoms with Crippen LogP contribution in [-0.2, 0) is 33.6 Å². The number of aliphatic hydroxyl groups excluding tert-OH is 1. The Balaban J connectivity index is 5.96. The van der Waals surface area contributed by atoms with Crippen LogP contribution < -0.4 is 49.5 Å². The van der Waals surface area contributed by atoms with E-state index < -0.39 is 90.2 Å². The largest absolute Gasteiger partial charge is 0.480 e. The zero-order chi connectivity index (χ0) is 36.4. The maximum atomic E-state index is 13.4. The number of aliphatic carboxylic acids is 1. The normalized spacial score (nSPS) is 14.8. The maximum absolute atomic E-state index is 13.4. The molecule has 0 rings (SSSR count). The molecule has 19 nitrogen and oxygen atoms in total. The van der Waals surface area contributed by atoms with Crippen molar-refractivity contribution in [3.05, 3.63) is 0 Å². The Morgan fingerprint density at radius 2 is 1.19 bits per heavy atom. The molecule has 0 heterocycles. The van der Waals surface area contributed by atoms with E-state index in [0.717, 1.165) is 0 Å². The Morgan fingerprint density at radius 3 is 1.66 bits per heavy atom. The molecule has 15 N–H and O–H groups in total. The zero-order valence-electron chi connectivity index (χ0n) is 27.6. The van der Waals surface area contributed by atoms with Gasteiger partial charge in [-0.25, -0.2) is 4.79 Å². The number of carboxylic acid groups (broad SMARTS) is 1. The highest BCUT2D eigenvalue weighted by Crippen LogP contribution is 2.10. The molecule has 0 aliphatic carbocycles. The number of amides is 6. The summed E-state index contributed by atoms with van der Waals surface area (Å²) in [5.74, 6) is -7.06. The molecule has 0 aromatic heterocycles. The van der Waals surface area contributed by atoms with Crippen LogP contribution in [-0.4, -0.2) is 107 Å². The first kappa shape index (κ1) is 42.5. The first-order valence-corrected chi connectivity index (χ1v) is 15.2. The summed E-state index contributed by atoms with van der Waals surface area (Å²) in [4.78, 5) is 91.9. The van der Waals surface area contributed by atoms with E-state index in [1.807, 2.05) is 0 Å². The van der Waals surface area contributed by atoms with Gasteiger partial charge in [0.1, 0.15) is 30.2 Å². The van der Waals surface area contributed by atoms with Crippen LogP contribution in [0.3, 0.4) is 0 Å². The van der Waals surface area contributed by atoms with Crippen molar-refractivity contribution in [2.24, 2.45) is 39.8 Å². The number of hydrogen-bond donors (Lipinski definition) is 11. The number of aliphatic hydroxyl groups is 1. The number of primary amides is 1. The second-order valence-electron chi connectivity index (χ2n) is 11.9. The van der Waals surface area contributed by atoms with Gasteiger partial charge in [-0.15, -0.1) is 0 Å². The van der Waals surface area contributed by atoms with Crippen molar-refractivity contribution in [2.45, 2.75) is 103 Å². The first-order valence-electron chi connectivity index (χ1n) is 15.2. The summed E-state index contributed by atoms with van der Waals surface area (Å²) in [6, 6.07) is -7.61. The summed E-state index contributed by atoms with van der Waals surface area (Å²) in [5, 5.41) is 31.3. The molecule has 0 saturated heterocycles. The van der Waals surface area contributed by atoms with Gasteiger partial charge in [0.2, 0.25) is 35.4 Å². The summed E-state index contributed by atoms with van der Waals surface area (Å²) < 4.78 is 0. The lowest BCUT2D eigenvalue weighted by molar-refractivity contribution is -0.142.